The summed E-state index contributed by atoms with van der Waals surface area (Å²) in [6.07, 6.45) is -4.54. The first-order valence-electron chi connectivity index (χ1n) is 6.25. The van der Waals surface area contributed by atoms with Crippen LogP contribution in [0.25, 0.3) is 0 Å². The van der Waals surface area contributed by atoms with E-state index in [-0.39, 0.29) is 23.3 Å². The van der Waals surface area contributed by atoms with Crippen LogP contribution in [-0.2, 0) is 6.18 Å². The number of alkyl halides is 3. The smallest absolute Gasteiger partial charge is 0.409 e. The van der Waals surface area contributed by atoms with Crippen LogP contribution in [0.4, 0.5) is 19.0 Å². The summed E-state index contributed by atoms with van der Waals surface area (Å²) in [6.45, 7) is 2.47. The lowest BCUT2D eigenvalue weighted by molar-refractivity contribution is -0.141. The quantitative estimate of drug-likeness (QED) is 0.378. The zero-order valence-electron chi connectivity index (χ0n) is 11.3. The van der Waals surface area contributed by atoms with E-state index in [0.717, 1.165) is 17.6 Å². The van der Waals surface area contributed by atoms with Crippen molar-refractivity contribution in [2.24, 2.45) is 10.9 Å². The molecule has 0 spiro atoms. The molecular weight excluding hydrogens is 305 g/mol. The van der Waals surface area contributed by atoms with Crippen LogP contribution < -0.4 is 10.6 Å². The van der Waals surface area contributed by atoms with Crippen molar-refractivity contribution >= 4 is 23.4 Å². The van der Waals surface area contributed by atoms with Crippen LogP contribution in [-0.4, -0.2) is 40.1 Å². The van der Waals surface area contributed by atoms with E-state index in [1.54, 1.807) is 16.7 Å². The predicted octanol–water partition coefficient (Wildman–Crippen LogP) is 2.14. The fraction of sp³-hybridized carbons (Fsp3) is 0.500. The van der Waals surface area contributed by atoms with Crippen molar-refractivity contribution in [2.75, 3.05) is 23.0 Å². The van der Waals surface area contributed by atoms with Gasteiger partial charge in [-0.15, -0.1) is 0 Å². The van der Waals surface area contributed by atoms with Crippen LogP contribution >= 0.6 is 11.8 Å². The van der Waals surface area contributed by atoms with E-state index < -0.39 is 11.9 Å². The molecular formula is C12H15F3N4OS. The summed E-state index contributed by atoms with van der Waals surface area (Å²) in [7, 11) is 0. The highest BCUT2D eigenvalue weighted by Crippen LogP contribution is 2.32. The fourth-order valence-corrected chi connectivity index (χ4v) is 3.13. The highest BCUT2D eigenvalue weighted by molar-refractivity contribution is 7.99. The number of anilines is 1. The Labute approximate surface area is 124 Å². The van der Waals surface area contributed by atoms with Gasteiger partial charge in [0, 0.05) is 24.1 Å². The van der Waals surface area contributed by atoms with E-state index in [0.29, 0.717) is 6.54 Å². The van der Waals surface area contributed by atoms with Crippen LogP contribution in [0.15, 0.2) is 17.3 Å². The predicted molar refractivity (Wildman–Crippen MR) is 75.9 cm³/mol. The van der Waals surface area contributed by atoms with Gasteiger partial charge < -0.3 is 15.8 Å². The lowest BCUT2D eigenvalue weighted by Gasteiger charge is -2.35. The second-order valence-corrected chi connectivity index (χ2v) is 5.82. The van der Waals surface area contributed by atoms with E-state index in [1.807, 2.05) is 6.92 Å². The third-order valence-electron chi connectivity index (χ3n) is 3.19. The number of nitrogens with zero attached hydrogens (tertiary/aromatic N) is 3. The van der Waals surface area contributed by atoms with Gasteiger partial charge in [-0.3, -0.25) is 0 Å². The summed E-state index contributed by atoms with van der Waals surface area (Å²) in [4.78, 5) is 5.47. The van der Waals surface area contributed by atoms with Crippen molar-refractivity contribution in [3.8, 4) is 0 Å². The Bertz CT molecular complexity index is 550. The normalized spacial score (nSPS) is 20.7. The third-order valence-corrected chi connectivity index (χ3v) is 4.38. The zero-order valence-corrected chi connectivity index (χ0v) is 12.1. The zero-order chi connectivity index (χ0) is 15.6. The summed E-state index contributed by atoms with van der Waals surface area (Å²) >= 11 is 1.73. The van der Waals surface area contributed by atoms with Crippen molar-refractivity contribution in [1.29, 1.82) is 0 Å². The van der Waals surface area contributed by atoms with Crippen molar-refractivity contribution in [3.05, 3.63) is 23.4 Å². The summed E-state index contributed by atoms with van der Waals surface area (Å²) in [5.41, 5.74) is 4.76. The van der Waals surface area contributed by atoms with Crippen molar-refractivity contribution in [2.45, 2.75) is 19.1 Å². The Morgan fingerprint density at radius 1 is 1.52 bits per heavy atom. The average molecular weight is 320 g/mol. The molecule has 1 atom stereocenters. The standard InChI is InChI=1S/C12H15F3N4OS/c1-7-6-21-5-4-19(7)11-8(10(16)18-20)2-3-9(17-11)12(13,14)15/h2-3,7,20H,4-6H2,1H3,(H2,16,18). The number of hydrogen-bond acceptors (Lipinski definition) is 5. The van der Waals surface area contributed by atoms with E-state index in [9.17, 15) is 13.2 Å². The van der Waals surface area contributed by atoms with Gasteiger partial charge in [0.2, 0.25) is 0 Å². The van der Waals surface area contributed by atoms with E-state index in [4.69, 9.17) is 10.9 Å². The Balaban J connectivity index is 2.52. The van der Waals surface area contributed by atoms with E-state index in [1.165, 1.54) is 6.07 Å². The van der Waals surface area contributed by atoms with Gasteiger partial charge in [0.15, 0.2) is 5.84 Å². The van der Waals surface area contributed by atoms with E-state index >= 15 is 0 Å². The van der Waals surface area contributed by atoms with Crippen LogP contribution in [0.1, 0.15) is 18.2 Å². The molecule has 1 unspecified atom stereocenters. The van der Waals surface area contributed by atoms with Gasteiger partial charge in [-0.05, 0) is 19.1 Å². The van der Waals surface area contributed by atoms with Crippen LogP contribution in [0.3, 0.4) is 0 Å². The minimum absolute atomic E-state index is 0.0185. The first-order valence-corrected chi connectivity index (χ1v) is 7.40. The molecule has 2 heterocycles. The molecule has 116 valence electrons. The first kappa shape index (κ1) is 15.7. The largest absolute Gasteiger partial charge is 0.433 e. The van der Waals surface area contributed by atoms with Gasteiger partial charge >= 0.3 is 6.18 Å². The maximum Gasteiger partial charge on any atom is 0.433 e. The Morgan fingerprint density at radius 2 is 2.24 bits per heavy atom. The molecule has 0 bridgehead atoms. The number of hydrogen-bond donors (Lipinski definition) is 2. The number of halogens is 3. The van der Waals surface area contributed by atoms with Crippen molar-refractivity contribution < 1.29 is 18.4 Å². The number of thioether (sulfide) groups is 1. The molecule has 9 heteroatoms. The first-order chi connectivity index (χ1) is 9.84. The second kappa shape index (κ2) is 6.00. The van der Waals surface area contributed by atoms with Gasteiger partial charge in [0.25, 0.3) is 0 Å². The SMILES string of the molecule is CC1CSCCN1c1nc(C(F)(F)F)ccc1C(N)=NO. The van der Waals surface area contributed by atoms with E-state index in [2.05, 4.69) is 10.1 Å². The molecule has 5 nitrogen and oxygen atoms in total. The monoisotopic (exact) mass is 320 g/mol. The molecule has 21 heavy (non-hydrogen) atoms. The maximum absolute atomic E-state index is 12.9. The van der Waals surface area contributed by atoms with Crippen molar-refractivity contribution in [1.82, 2.24) is 4.98 Å². The van der Waals surface area contributed by atoms with Crippen LogP contribution in [0.2, 0.25) is 0 Å². The molecule has 0 aliphatic carbocycles. The molecule has 1 aliphatic heterocycles. The number of nitrogens with two attached hydrogens (primary N) is 1. The van der Waals surface area contributed by atoms with Crippen LogP contribution in [0, 0.1) is 0 Å². The van der Waals surface area contributed by atoms with Crippen LogP contribution in [0.5, 0.6) is 0 Å². The summed E-state index contributed by atoms with van der Waals surface area (Å²) in [6, 6.07) is 2.04. The molecule has 3 N–H and O–H groups in total. The highest BCUT2D eigenvalue weighted by atomic mass is 32.2. The van der Waals surface area contributed by atoms with Crippen molar-refractivity contribution in [3.63, 3.8) is 0 Å². The molecule has 2 rings (SSSR count). The lowest BCUT2D eigenvalue weighted by Crippen LogP contribution is -2.42. The Kier molecular flexibility index (Phi) is 4.50. The third kappa shape index (κ3) is 3.34. The van der Waals surface area contributed by atoms with Gasteiger partial charge in [-0.25, -0.2) is 4.98 Å². The molecule has 1 fully saturated rings. The highest BCUT2D eigenvalue weighted by Gasteiger charge is 2.34. The molecule has 0 radical (unpaired) electrons. The molecule has 0 aromatic carbocycles. The van der Waals surface area contributed by atoms with Gasteiger partial charge in [-0.1, -0.05) is 5.16 Å². The molecule has 1 aliphatic rings. The Hall–Kier alpha value is -1.64. The molecule has 1 aromatic heterocycles. The number of rotatable bonds is 2. The summed E-state index contributed by atoms with van der Waals surface area (Å²) in [5, 5.41) is 11.7. The Morgan fingerprint density at radius 3 is 2.81 bits per heavy atom. The summed E-state index contributed by atoms with van der Waals surface area (Å²) in [5.74, 6) is 1.43. The summed E-state index contributed by atoms with van der Waals surface area (Å²) < 4.78 is 38.6. The topological polar surface area (TPSA) is 74.7 Å². The van der Waals surface area contributed by atoms with Gasteiger partial charge in [0.05, 0.1) is 5.56 Å². The molecule has 1 aromatic rings. The molecule has 1 saturated heterocycles. The minimum Gasteiger partial charge on any atom is -0.409 e. The molecule has 0 saturated carbocycles. The minimum atomic E-state index is -4.54. The molecule has 0 amide bonds. The lowest BCUT2D eigenvalue weighted by atomic mass is 10.1. The fourth-order valence-electron chi connectivity index (χ4n) is 2.12. The number of oxime groups is 1. The maximum atomic E-state index is 12.9. The van der Waals surface area contributed by atoms with Gasteiger partial charge in [0.1, 0.15) is 11.5 Å². The number of amidine groups is 1. The van der Waals surface area contributed by atoms with Gasteiger partial charge in [-0.2, -0.15) is 24.9 Å². The number of aromatic nitrogens is 1. The average Bonchev–Trinajstić information content (AvgIpc) is 2.45. The number of pyridine rings is 1. The second-order valence-electron chi connectivity index (χ2n) is 4.67.